The van der Waals surface area contributed by atoms with E-state index in [1.54, 1.807) is 6.33 Å². The van der Waals surface area contributed by atoms with Crippen molar-refractivity contribution in [3.63, 3.8) is 0 Å². The summed E-state index contributed by atoms with van der Waals surface area (Å²) >= 11 is 0. The van der Waals surface area contributed by atoms with Gasteiger partial charge < -0.3 is 10.1 Å². The monoisotopic (exact) mass is 212 g/mol. The summed E-state index contributed by atoms with van der Waals surface area (Å²) in [6, 6.07) is 0. The van der Waals surface area contributed by atoms with Crippen molar-refractivity contribution in [1.29, 1.82) is 0 Å². The summed E-state index contributed by atoms with van der Waals surface area (Å²) in [6.07, 6.45) is 2.65. The molecule has 1 N–H and O–H groups in total. The largest absolute Gasteiger partial charge is 0.380 e. The first-order chi connectivity index (χ1) is 7.38. The number of rotatable bonds is 8. The second kappa shape index (κ2) is 7.36. The number of nitrogens with zero attached hydrogens (tertiary/aromatic N) is 3. The molecule has 1 rings (SSSR count). The molecule has 15 heavy (non-hydrogen) atoms. The number of nitrogens with one attached hydrogen (secondary N) is 1. The van der Waals surface area contributed by atoms with Crippen LogP contribution in [-0.4, -0.2) is 34.5 Å². The Hall–Kier alpha value is -0.940. The molecule has 1 aromatic heterocycles. The maximum Gasteiger partial charge on any atom is 0.140 e. The van der Waals surface area contributed by atoms with Crippen molar-refractivity contribution in [2.24, 2.45) is 0 Å². The van der Waals surface area contributed by atoms with E-state index in [-0.39, 0.29) is 0 Å². The van der Waals surface area contributed by atoms with Gasteiger partial charge in [0.15, 0.2) is 0 Å². The van der Waals surface area contributed by atoms with Gasteiger partial charge in [0.25, 0.3) is 0 Å². The van der Waals surface area contributed by atoms with Gasteiger partial charge in [-0.1, -0.05) is 13.8 Å². The molecule has 0 amide bonds. The number of hydrogen-bond acceptors (Lipinski definition) is 4. The molecule has 0 bridgehead atoms. The van der Waals surface area contributed by atoms with Gasteiger partial charge in [0.1, 0.15) is 12.2 Å². The summed E-state index contributed by atoms with van der Waals surface area (Å²) in [5.74, 6) is 0.969. The molecular weight excluding hydrogens is 192 g/mol. The van der Waals surface area contributed by atoms with Crippen LogP contribution < -0.4 is 5.32 Å². The normalized spacial score (nSPS) is 10.8. The molecule has 0 unspecified atom stereocenters. The molecule has 1 heterocycles. The molecule has 5 heteroatoms. The summed E-state index contributed by atoms with van der Waals surface area (Å²) in [6.45, 7) is 8.19. The lowest BCUT2D eigenvalue weighted by atomic mass is 10.5. The average Bonchev–Trinajstić information content (AvgIpc) is 2.69. The Morgan fingerprint density at radius 1 is 1.40 bits per heavy atom. The first-order valence-corrected chi connectivity index (χ1v) is 5.53. The van der Waals surface area contributed by atoms with Crippen LogP contribution in [0.4, 0.5) is 0 Å². The quantitative estimate of drug-likeness (QED) is 0.648. The highest BCUT2D eigenvalue weighted by molar-refractivity contribution is 4.83. The van der Waals surface area contributed by atoms with Crippen LogP contribution in [0.15, 0.2) is 6.33 Å². The first-order valence-electron chi connectivity index (χ1n) is 5.53. The van der Waals surface area contributed by atoms with E-state index in [9.17, 15) is 0 Å². The predicted octanol–water partition coefficient (Wildman–Crippen LogP) is 0.814. The van der Waals surface area contributed by atoms with Crippen molar-refractivity contribution in [2.45, 2.75) is 33.4 Å². The van der Waals surface area contributed by atoms with Crippen LogP contribution in [0.3, 0.4) is 0 Å². The fourth-order valence-electron chi connectivity index (χ4n) is 1.25. The zero-order chi connectivity index (χ0) is 10.9. The molecule has 0 saturated carbocycles. The van der Waals surface area contributed by atoms with Gasteiger partial charge in [0, 0.05) is 6.61 Å². The molecule has 0 spiro atoms. The van der Waals surface area contributed by atoms with Gasteiger partial charge in [-0.15, -0.1) is 0 Å². The number of ether oxygens (including phenoxy) is 1. The Bertz CT molecular complexity index is 262. The van der Waals surface area contributed by atoms with Crippen LogP contribution in [0, 0.1) is 0 Å². The third-order valence-corrected chi connectivity index (χ3v) is 2.02. The molecule has 0 radical (unpaired) electrons. The Kier molecular flexibility index (Phi) is 5.96. The maximum atomic E-state index is 5.41. The van der Waals surface area contributed by atoms with Gasteiger partial charge in [-0.3, -0.25) is 0 Å². The number of hydrogen-bond donors (Lipinski definition) is 1. The summed E-state index contributed by atoms with van der Waals surface area (Å²) in [5.41, 5.74) is 0. The van der Waals surface area contributed by atoms with Crippen molar-refractivity contribution in [1.82, 2.24) is 20.1 Å². The van der Waals surface area contributed by atoms with Gasteiger partial charge in [-0.25, -0.2) is 9.67 Å². The lowest BCUT2D eigenvalue weighted by molar-refractivity contribution is 0.123. The van der Waals surface area contributed by atoms with E-state index in [4.69, 9.17) is 4.74 Å². The van der Waals surface area contributed by atoms with Gasteiger partial charge >= 0.3 is 0 Å². The van der Waals surface area contributed by atoms with Crippen LogP contribution in [-0.2, 0) is 17.8 Å². The fraction of sp³-hybridized carbons (Fsp3) is 0.800. The van der Waals surface area contributed by atoms with E-state index in [0.717, 1.165) is 38.5 Å². The van der Waals surface area contributed by atoms with Gasteiger partial charge in [0.2, 0.25) is 0 Å². The average molecular weight is 212 g/mol. The molecule has 1 aromatic rings. The molecule has 86 valence electrons. The highest BCUT2D eigenvalue weighted by Gasteiger charge is 2.02. The highest BCUT2D eigenvalue weighted by Crippen LogP contribution is 1.94. The Morgan fingerprint density at radius 3 is 3.00 bits per heavy atom. The van der Waals surface area contributed by atoms with Crippen LogP contribution in [0.1, 0.15) is 26.1 Å². The van der Waals surface area contributed by atoms with Crippen LogP contribution in [0.25, 0.3) is 0 Å². The minimum Gasteiger partial charge on any atom is -0.380 e. The third-order valence-electron chi connectivity index (χ3n) is 2.02. The van der Waals surface area contributed by atoms with Crippen molar-refractivity contribution >= 4 is 0 Å². The Labute approximate surface area is 90.8 Å². The maximum absolute atomic E-state index is 5.41. The summed E-state index contributed by atoms with van der Waals surface area (Å²) < 4.78 is 7.29. The molecule has 0 fully saturated rings. The zero-order valence-corrected chi connectivity index (χ0v) is 9.57. The van der Waals surface area contributed by atoms with Gasteiger partial charge in [0.05, 0.1) is 19.7 Å². The molecule has 0 aliphatic rings. The minimum absolute atomic E-state index is 0.705. The van der Waals surface area contributed by atoms with Crippen molar-refractivity contribution in [2.75, 3.05) is 19.8 Å². The Morgan fingerprint density at radius 2 is 2.27 bits per heavy atom. The second-order valence-corrected chi connectivity index (χ2v) is 3.29. The first kappa shape index (κ1) is 12.1. The van der Waals surface area contributed by atoms with E-state index < -0.39 is 0 Å². The molecule has 0 aliphatic carbocycles. The fourth-order valence-corrected chi connectivity index (χ4v) is 1.25. The summed E-state index contributed by atoms with van der Waals surface area (Å²) in [4.78, 5) is 4.19. The standard InChI is InChI=1S/C10H20N4O/c1-3-6-15-7-5-14-10(8-11-4-2)12-9-13-14/h9,11H,3-8H2,1-2H3. The van der Waals surface area contributed by atoms with Crippen LogP contribution >= 0.6 is 0 Å². The third kappa shape index (κ3) is 4.40. The molecular formula is C10H20N4O. The minimum atomic E-state index is 0.705. The van der Waals surface area contributed by atoms with Crippen molar-refractivity contribution in [3.8, 4) is 0 Å². The van der Waals surface area contributed by atoms with Crippen molar-refractivity contribution < 1.29 is 4.74 Å². The smallest absolute Gasteiger partial charge is 0.140 e. The lowest BCUT2D eigenvalue weighted by Crippen LogP contribution is -2.18. The van der Waals surface area contributed by atoms with Gasteiger partial charge in [-0.2, -0.15) is 5.10 Å². The molecule has 0 aromatic carbocycles. The number of aromatic nitrogens is 3. The molecule has 0 aliphatic heterocycles. The second-order valence-electron chi connectivity index (χ2n) is 3.29. The topological polar surface area (TPSA) is 52.0 Å². The van der Waals surface area contributed by atoms with Crippen LogP contribution in [0.5, 0.6) is 0 Å². The van der Waals surface area contributed by atoms with E-state index in [2.05, 4.69) is 29.2 Å². The molecule has 0 atom stereocenters. The predicted molar refractivity (Wildman–Crippen MR) is 58.5 cm³/mol. The summed E-state index contributed by atoms with van der Waals surface area (Å²) in [5, 5.41) is 7.38. The lowest BCUT2D eigenvalue weighted by Gasteiger charge is -2.06. The van der Waals surface area contributed by atoms with E-state index >= 15 is 0 Å². The van der Waals surface area contributed by atoms with Gasteiger partial charge in [-0.05, 0) is 13.0 Å². The van der Waals surface area contributed by atoms with Crippen LogP contribution in [0.2, 0.25) is 0 Å². The molecule has 5 nitrogen and oxygen atoms in total. The summed E-state index contributed by atoms with van der Waals surface area (Å²) in [7, 11) is 0. The SMILES string of the molecule is CCCOCCn1ncnc1CNCC. The highest BCUT2D eigenvalue weighted by atomic mass is 16.5. The molecule has 0 saturated heterocycles. The van der Waals surface area contributed by atoms with E-state index in [1.807, 2.05) is 4.68 Å². The van der Waals surface area contributed by atoms with Crippen molar-refractivity contribution in [3.05, 3.63) is 12.2 Å². The zero-order valence-electron chi connectivity index (χ0n) is 9.57. The van der Waals surface area contributed by atoms with E-state index in [1.165, 1.54) is 0 Å². The van der Waals surface area contributed by atoms with E-state index in [0.29, 0.717) is 6.61 Å². The Balaban J connectivity index is 2.29.